The Hall–Kier alpha value is -2.57. The second kappa shape index (κ2) is 5.51. The number of rotatable bonds is 2. The zero-order valence-corrected chi connectivity index (χ0v) is 13.9. The van der Waals surface area contributed by atoms with Crippen LogP contribution >= 0.6 is 0 Å². The SMILES string of the molecule is Cc1nn(CC(=O)N2CCCC[C@H]2C)c(=O)c2cc3occc3n12. The van der Waals surface area contributed by atoms with Gasteiger partial charge in [0, 0.05) is 24.7 Å². The smallest absolute Gasteiger partial charge is 0.291 e. The van der Waals surface area contributed by atoms with Crippen LogP contribution in [-0.4, -0.2) is 37.6 Å². The van der Waals surface area contributed by atoms with Crippen LogP contribution in [0.25, 0.3) is 16.6 Å². The second-order valence-electron chi connectivity index (χ2n) is 6.48. The van der Waals surface area contributed by atoms with E-state index >= 15 is 0 Å². The minimum absolute atomic E-state index is 0.0208. The zero-order chi connectivity index (χ0) is 16.8. The van der Waals surface area contributed by atoms with Gasteiger partial charge < -0.3 is 9.32 Å². The van der Waals surface area contributed by atoms with Crippen molar-refractivity contribution in [2.45, 2.75) is 45.7 Å². The number of fused-ring (bicyclic) bond motifs is 3. The van der Waals surface area contributed by atoms with Gasteiger partial charge in [0.1, 0.15) is 17.9 Å². The molecule has 0 spiro atoms. The van der Waals surface area contributed by atoms with E-state index in [-0.39, 0.29) is 24.1 Å². The molecule has 0 N–H and O–H groups in total. The van der Waals surface area contributed by atoms with E-state index < -0.39 is 0 Å². The summed E-state index contributed by atoms with van der Waals surface area (Å²) in [6.45, 7) is 4.62. The second-order valence-corrected chi connectivity index (χ2v) is 6.48. The van der Waals surface area contributed by atoms with Gasteiger partial charge in [-0.2, -0.15) is 5.10 Å². The average molecular weight is 328 g/mol. The Morgan fingerprint density at radius 2 is 2.21 bits per heavy atom. The largest absolute Gasteiger partial charge is 0.463 e. The predicted octanol–water partition coefficient (Wildman–Crippen LogP) is 1.95. The van der Waals surface area contributed by atoms with Crippen molar-refractivity contribution in [1.82, 2.24) is 19.1 Å². The van der Waals surface area contributed by atoms with Crippen LogP contribution in [0.3, 0.4) is 0 Å². The van der Waals surface area contributed by atoms with Gasteiger partial charge in [-0.3, -0.25) is 14.0 Å². The van der Waals surface area contributed by atoms with E-state index in [1.165, 1.54) is 4.68 Å². The summed E-state index contributed by atoms with van der Waals surface area (Å²) in [6.07, 6.45) is 4.77. The first-order chi connectivity index (χ1) is 11.6. The quantitative estimate of drug-likeness (QED) is 0.721. The summed E-state index contributed by atoms with van der Waals surface area (Å²) >= 11 is 0. The van der Waals surface area contributed by atoms with Gasteiger partial charge in [-0.25, -0.2) is 4.68 Å². The summed E-state index contributed by atoms with van der Waals surface area (Å²) in [6, 6.07) is 3.74. The van der Waals surface area contributed by atoms with Crippen molar-refractivity contribution in [2.24, 2.45) is 0 Å². The maximum Gasteiger partial charge on any atom is 0.291 e. The highest BCUT2D eigenvalue weighted by atomic mass is 16.3. The van der Waals surface area contributed by atoms with Gasteiger partial charge >= 0.3 is 0 Å². The number of likely N-dealkylation sites (tertiary alicyclic amines) is 1. The van der Waals surface area contributed by atoms with Gasteiger partial charge in [0.2, 0.25) is 5.91 Å². The molecule has 0 aromatic carbocycles. The van der Waals surface area contributed by atoms with Gasteiger partial charge in [-0.15, -0.1) is 0 Å². The molecule has 7 nitrogen and oxygen atoms in total. The van der Waals surface area contributed by atoms with Gasteiger partial charge in [0.25, 0.3) is 5.56 Å². The predicted molar refractivity (Wildman–Crippen MR) is 89.0 cm³/mol. The highest BCUT2D eigenvalue weighted by Gasteiger charge is 2.24. The Balaban J connectivity index is 1.73. The van der Waals surface area contributed by atoms with Crippen LogP contribution in [0, 0.1) is 6.92 Å². The van der Waals surface area contributed by atoms with Crippen LogP contribution in [0.2, 0.25) is 0 Å². The molecule has 4 heterocycles. The normalized spacial score (nSPS) is 18.6. The first-order valence-electron chi connectivity index (χ1n) is 8.32. The van der Waals surface area contributed by atoms with Crippen LogP contribution in [-0.2, 0) is 11.3 Å². The fourth-order valence-electron chi connectivity index (χ4n) is 3.62. The summed E-state index contributed by atoms with van der Waals surface area (Å²) < 4.78 is 8.41. The van der Waals surface area contributed by atoms with Crippen LogP contribution in [0.5, 0.6) is 0 Å². The molecule has 3 aromatic heterocycles. The van der Waals surface area contributed by atoms with E-state index in [9.17, 15) is 9.59 Å². The highest BCUT2D eigenvalue weighted by Crippen LogP contribution is 2.20. The molecule has 0 radical (unpaired) electrons. The first kappa shape index (κ1) is 15.0. The van der Waals surface area contributed by atoms with Crippen molar-refractivity contribution in [3.8, 4) is 0 Å². The van der Waals surface area contributed by atoms with E-state index in [4.69, 9.17) is 4.42 Å². The van der Waals surface area contributed by atoms with E-state index in [1.807, 2.05) is 11.8 Å². The molecule has 0 aliphatic carbocycles. The standard InChI is InChI=1S/C17H20N4O3/c1-11-5-3-4-7-19(11)16(22)10-20-17(23)14-9-15-13(6-8-24-15)21(14)12(2)18-20/h6,8-9,11H,3-5,7,10H2,1-2H3/t11-/m1/s1. The molecule has 7 heteroatoms. The lowest BCUT2D eigenvalue weighted by Gasteiger charge is -2.33. The van der Waals surface area contributed by atoms with Gasteiger partial charge in [-0.1, -0.05) is 0 Å². The molecule has 1 aliphatic rings. The molecule has 1 fully saturated rings. The molecule has 1 aliphatic heterocycles. The van der Waals surface area contributed by atoms with Crippen molar-refractivity contribution in [3.63, 3.8) is 0 Å². The summed E-state index contributed by atoms with van der Waals surface area (Å²) in [7, 11) is 0. The van der Waals surface area contributed by atoms with Crippen molar-refractivity contribution >= 4 is 22.5 Å². The Labute approximate surface area is 138 Å². The fraction of sp³-hybridized carbons (Fsp3) is 0.471. The number of nitrogens with zero attached hydrogens (tertiary/aromatic N) is 4. The van der Waals surface area contributed by atoms with Gasteiger partial charge in [-0.05, 0) is 33.1 Å². The molecule has 24 heavy (non-hydrogen) atoms. The van der Waals surface area contributed by atoms with Gasteiger partial charge in [0.15, 0.2) is 5.58 Å². The zero-order valence-electron chi connectivity index (χ0n) is 13.9. The lowest BCUT2D eigenvalue weighted by atomic mass is 10.0. The van der Waals surface area contributed by atoms with E-state index in [2.05, 4.69) is 12.0 Å². The third-order valence-corrected chi connectivity index (χ3v) is 4.87. The summed E-state index contributed by atoms with van der Waals surface area (Å²) in [5.41, 5.74) is 1.67. The number of hydrogen-bond acceptors (Lipinski definition) is 4. The molecule has 1 saturated heterocycles. The number of amides is 1. The number of piperidine rings is 1. The first-order valence-corrected chi connectivity index (χ1v) is 8.32. The van der Waals surface area contributed by atoms with E-state index in [1.54, 1.807) is 22.8 Å². The summed E-state index contributed by atoms with van der Waals surface area (Å²) in [5.74, 6) is 0.608. The molecule has 0 unspecified atom stereocenters. The number of carbonyl (C=O) groups excluding carboxylic acids is 1. The van der Waals surface area contributed by atoms with Crippen molar-refractivity contribution in [2.75, 3.05) is 6.54 Å². The van der Waals surface area contributed by atoms with Crippen LogP contribution in [0.1, 0.15) is 32.0 Å². The van der Waals surface area contributed by atoms with Crippen molar-refractivity contribution < 1.29 is 9.21 Å². The molecule has 126 valence electrons. The van der Waals surface area contributed by atoms with Crippen molar-refractivity contribution in [3.05, 3.63) is 34.6 Å². The highest BCUT2D eigenvalue weighted by molar-refractivity contribution is 5.82. The third-order valence-electron chi connectivity index (χ3n) is 4.87. The summed E-state index contributed by atoms with van der Waals surface area (Å²) in [5, 5.41) is 4.34. The molecule has 3 aromatic rings. The molecule has 1 amide bonds. The number of carbonyl (C=O) groups is 1. The van der Waals surface area contributed by atoms with Gasteiger partial charge in [0.05, 0.1) is 11.8 Å². The molecular weight excluding hydrogens is 308 g/mol. The fourth-order valence-corrected chi connectivity index (χ4v) is 3.62. The Bertz CT molecular complexity index is 981. The number of aryl methyl sites for hydroxylation is 1. The Morgan fingerprint density at radius 3 is 3.00 bits per heavy atom. The summed E-state index contributed by atoms with van der Waals surface area (Å²) in [4.78, 5) is 27.2. The van der Waals surface area contributed by atoms with Crippen molar-refractivity contribution in [1.29, 1.82) is 0 Å². The average Bonchev–Trinajstić information content (AvgIpc) is 3.13. The lowest BCUT2D eigenvalue weighted by Crippen LogP contribution is -2.45. The molecule has 0 saturated carbocycles. The molecule has 1 atom stereocenters. The number of hydrogen-bond donors (Lipinski definition) is 0. The maximum absolute atomic E-state index is 12.7. The Kier molecular flexibility index (Phi) is 3.44. The third kappa shape index (κ3) is 2.23. The molecule has 0 bridgehead atoms. The van der Waals surface area contributed by atoms with E-state index in [0.29, 0.717) is 16.9 Å². The lowest BCUT2D eigenvalue weighted by molar-refractivity contribution is -0.135. The molecular formula is C17H20N4O3. The minimum atomic E-state index is -0.273. The van der Waals surface area contributed by atoms with Crippen LogP contribution in [0.4, 0.5) is 0 Å². The van der Waals surface area contributed by atoms with E-state index in [0.717, 1.165) is 31.3 Å². The number of furan rings is 1. The number of aromatic nitrogens is 3. The maximum atomic E-state index is 12.7. The van der Waals surface area contributed by atoms with Crippen LogP contribution < -0.4 is 5.56 Å². The topological polar surface area (TPSA) is 72.8 Å². The molecule has 4 rings (SSSR count). The van der Waals surface area contributed by atoms with Crippen LogP contribution in [0.15, 0.2) is 27.6 Å². The minimum Gasteiger partial charge on any atom is -0.463 e. The monoisotopic (exact) mass is 328 g/mol. The Morgan fingerprint density at radius 1 is 1.38 bits per heavy atom.